The molecule has 0 aromatic rings. The van der Waals surface area contributed by atoms with Crippen molar-refractivity contribution in [2.24, 2.45) is 0 Å². The van der Waals surface area contributed by atoms with Crippen LogP contribution in [0.3, 0.4) is 0 Å². The summed E-state index contributed by atoms with van der Waals surface area (Å²) in [5.74, 6) is -170. The molecule has 0 rings (SSSR count). The third kappa shape index (κ3) is 7.69. The molecule has 0 aliphatic heterocycles. The Balaban J connectivity index is 7.81. The third-order valence-corrected chi connectivity index (χ3v) is 9.57. The second kappa shape index (κ2) is 15.7. The molecule has 48 heteroatoms. The molecule has 0 aliphatic carbocycles. The fourth-order valence-corrected chi connectivity index (χ4v) is 4.87. The molecule has 416 valence electrons. The first kappa shape index (κ1) is 66.0. The number of hydrogen-bond donors (Lipinski definition) is 0. The van der Waals surface area contributed by atoms with Gasteiger partial charge in [0.05, 0.1) is 0 Å². The van der Waals surface area contributed by atoms with Gasteiger partial charge in [-0.2, -0.15) is 193 Å². The van der Waals surface area contributed by atoms with E-state index in [2.05, 4.69) is 0 Å². The highest BCUT2D eigenvalue weighted by molar-refractivity contribution is 6.62. The maximum atomic E-state index is 13.9. The van der Waals surface area contributed by atoms with Crippen LogP contribution in [0.5, 0.6) is 0 Å². The lowest BCUT2D eigenvalue weighted by Crippen LogP contribution is -2.79. The van der Waals surface area contributed by atoms with Gasteiger partial charge in [0, 0.05) is 0 Å². The van der Waals surface area contributed by atoms with Crippen LogP contribution >= 0.6 is 0 Å². The standard InChI is InChI=1S/C21F46OSi/c22-1(23,2(24,25)4(28,29)6(32,33)10(40,41)14(48,49)18(56,57)58)3(26,27)5(30,31)8(36,37)12(44,45)16(52,53)20(62,63)68-69(66,67)21(64,65)17(54,55)13(46,47)9(38,39)7(34,35)11(42,43)15(50,51)19(59,60)61. The summed E-state index contributed by atoms with van der Waals surface area (Å²) in [7, 11) is -11.9. The zero-order valence-corrected chi connectivity index (χ0v) is 29.8. The van der Waals surface area contributed by atoms with Gasteiger partial charge in [0.2, 0.25) is 0 Å². The highest BCUT2D eigenvalue weighted by Crippen LogP contribution is 2.70. The Kier molecular flexibility index (Phi) is 15.0. The van der Waals surface area contributed by atoms with Gasteiger partial charge >= 0.3 is 134 Å². The summed E-state index contributed by atoms with van der Waals surface area (Å²) in [5.41, 5.74) is -9.97. The molecule has 0 aromatic carbocycles. The Morgan fingerprint density at radius 3 is 0.464 bits per heavy atom. The predicted octanol–water partition coefficient (Wildman–Crippen LogP) is 14.6. The molecular weight excluding hydrogens is 1170 g/mol. The number of hydrogen-bond acceptors (Lipinski definition) is 1. The first-order valence-corrected chi connectivity index (χ1v) is 15.8. The maximum Gasteiger partial charge on any atom is 0.662 e. The highest BCUT2D eigenvalue weighted by Gasteiger charge is 3.02. The average molecular weight is 1170 g/mol. The molecule has 69 heavy (non-hydrogen) atoms. The molecule has 0 saturated carbocycles. The van der Waals surface area contributed by atoms with E-state index in [0.717, 1.165) is 0 Å². The van der Waals surface area contributed by atoms with Gasteiger partial charge in [-0.3, -0.25) is 4.43 Å². The molecule has 0 spiro atoms. The zero-order valence-electron chi connectivity index (χ0n) is 28.8. The Hall–Kier alpha value is -3.04. The van der Waals surface area contributed by atoms with E-state index in [-0.39, 0.29) is 0 Å². The van der Waals surface area contributed by atoms with Gasteiger partial charge in [0.15, 0.2) is 0 Å². The van der Waals surface area contributed by atoms with Crippen molar-refractivity contribution in [3.8, 4) is 0 Å². The average Bonchev–Trinajstić information content (AvgIpc) is 3.08. The Morgan fingerprint density at radius 1 is 0.174 bits per heavy atom. The molecule has 1 nitrogen and oxygen atoms in total. The van der Waals surface area contributed by atoms with Crippen molar-refractivity contribution in [1.82, 2.24) is 0 Å². The molecule has 0 amide bonds. The first-order chi connectivity index (χ1) is 28.7. The fraction of sp³-hybridized carbons (Fsp3) is 1.00. The molecule has 0 fully saturated rings. The lowest BCUT2D eigenvalue weighted by Gasteiger charge is -2.46. The topological polar surface area (TPSA) is 9.23 Å². The molecule has 0 aliphatic rings. The molecule has 0 N–H and O–H groups in total. The molecule has 0 bridgehead atoms. The monoisotopic (exact) mass is 1170 g/mol. The van der Waals surface area contributed by atoms with Crippen molar-refractivity contribution >= 4 is 8.99 Å². The van der Waals surface area contributed by atoms with Crippen LogP contribution in [0.15, 0.2) is 0 Å². The van der Waals surface area contributed by atoms with Gasteiger partial charge in [-0.25, -0.2) is 8.22 Å². The van der Waals surface area contributed by atoms with E-state index in [9.17, 15) is 201 Å². The molecule has 0 unspecified atom stereocenters. The first-order valence-electron chi connectivity index (χ1n) is 14.1. The van der Waals surface area contributed by atoms with Gasteiger partial charge in [-0.1, -0.05) is 0 Å². The quantitative estimate of drug-likeness (QED) is 0.0671. The molecule has 0 aromatic heterocycles. The zero-order chi connectivity index (χ0) is 57.7. The second-order valence-electron chi connectivity index (χ2n) is 12.5. The van der Waals surface area contributed by atoms with Crippen molar-refractivity contribution in [3.05, 3.63) is 0 Å². The summed E-state index contributed by atoms with van der Waals surface area (Å²) in [5, 5.41) is 0. The molecule has 0 heterocycles. The molecule has 0 saturated heterocycles. The SMILES string of the molecule is FC(F)(F)C(F)(F)C(F)(F)C(F)(F)C(F)(F)C(F)(F)C(F)(F)C(F)(F)C(F)(F)C(F)(F)C(F)(F)C(F)(F)C(F)(F)O[Si](F)(F)C(F)(F)C(F)(F)C(F)(F)C(F)(F)C(F)(F)C(F)(F)C(F)(F)C(F)(F)F. The van der Waals surface area contributed by atoms with Gasteiger partial charge in [0.1, 0.15) is 0 Å². The third-order valence-electron chi connectivity index (χ3n) is 8.01. The van der Waals surface area contributed by atoms with Crippen molar-refractivity contribution < 1.29 is 206 Å². The summed E-state index contributed by atoms with van der Waals surface area (Å²) >= 11 is 0. The molecule has 0 atom stereocenters. The fourth-order valence-electron chi connectivity index (χ4n) is 3.77. The summed E-state index contributed by atoms with van der Waals surface area (Å²) in [6.45, 7) is 0. The van der Waals surface area contributed by atoms with Crippen molar-refractivity contribution in [2.45, 2.75) is 125 Å². The van der Waals surface area contributed by atoms with E-state index >= 15 is 0 Å². The minimum Gasteiger partial charge on any atom is -0.299 e. The molecule has 0 radical (unpaired) electrons. The van der Waals surface area contributed by atoms with E-state index in [1.807, 2.05) is 0 Å². The second-order valence-corrected chi connectivity index (χ2v) is 14.3. The number of rotatable bonds is 20. The minimum atomic E-state index is -11.9. The lowest BCUT2D eigenvalue weighted by atomic mass is 9.84. The number of halogens is 46. The van der Waals surface area contributed by atoms with E-state index in [1.54, 1.807) is 0 Å². The molecular formula is C21F46OSi. The Labute approximate surface area is 341 Å². The van der Waals surface area contributed by atoms with Crippen LogP contribution in [0.2, 0.25) is 0 Å². The van der Waals surface area contributed by atoms with Crippen LogP contribution in [0.1, 0.15) is 0 Å². The maximum absolute atomic E-state index is 13.9. The summed E-state index contributed by atoms with van der Waals surface area (Å²) < 4.78 is 618. The van der Waals surface area contributed by atoms with Crippen LogP contribution in [0, 0.1) is 0 Å². The largest absolute Gasteiger partial charge is 0.662 e. The van der Waals surface area contributed by atoms with E-state index in [0.29, 0.717) is 4.43 Å². The van der Waals surface area contributed by atoms with E-state index in [4.69, 9.17) is 0 Å². The van der Waals surface area contributed by atoms with Crippen LogP contribution in [-0.4, -0.2) is 134 Å². The summed E-state index contributed by atoms with van der Waals surface area (Å²) in [4.78, 5) is 0. The van der Waals surface area contributed by atoms with Crippen LogP contribution < -0.4 is 0 Å². The van der Waals surface area contributed by atoms with Crippen molar-refractivity contribution in [2.75, 3.05) is 0 Å². The Morgan fingerprint density at radius 2 is 0.304 bits per heavy atom. The number of alkyl halides is 44. The van der Waals surface area contributed by atoms with Gasteiger partial charge in [-0.15, -0.1) is 0 Å². The smallest absolute Gasteiger partial charge is 0.299 e. The Bertz CT molecular complexity index is 1850. The summed E-state index contributed by atoms with van der Waals surface area (Å²) in [6.07, 6.45) is -26.9. The van der Waals surface area contributed by atoms with Crippen molar-refractivity contribution in [1.29, 1.82) is 0 Å². The van der Waals surface area contributed by atoms with Gasteiger partial charge in [-0.05, 0) is 0 Å². The van der Waals surface area contributed by atoms with Crippen LogP contribution in [0.4, 0.5) is 201 Å². The predicted molar refractivity (Wildman–Crippen MR) is 115 cm³/mol. The van der Waals surface area contributed by atoms with E-state index < -0.39 is 134 Å². The summed E-state index contributed by atoms with van der Waals surface area (Å²) in [6, 6.07) is 0. The minimum absolute atomic E-state index is 0.368. The van der Waals surface area contributed by atoms with E-state index in [1.165, 1.54) is 0 Å². The normalized spacial score (nSPS) is 17.5. The highest BCUT2D eigenvalue weighted by atomic mass is 28.4. The van der Waals surface area contributed by atoms with Crippen LogP contribution in [0.25, 0.3) is 0 Å². The van der Waals surface area contributed by atoms with Gasteiger partial charge < -0.3 is 0 Å². The van der Waals surface area contributed by atoms with Crippen LogP contribution in [-0.2, 0) is 4.43 Å². The lowest BCUT2D eigenvalue weighted by molar-refractivity contribution is -0.489. The van der Waals surface area contributed by atoms with Gasteiger partial charge in [0.25, 0.3) is 0 Å². The van der Waals surface area contributed by atoms with Crippen molar-refractivity contribution in [3.63, 3.8) is 0 Å².